The van der Waals surface area contributed by atoms with Crippen LogP contribution in [0.25, 0.3) is 0 Å². The highest BCUT2D eigenvalue weighted by Gasteiger charge is 2.31. The molecular weight excluding hydrogens is 238 g/mol. The van der Waals surface area contributed by atoms with Crippen molar-refractivity contribution in [3.05, 3.63) is 23.4 Å². The van der Waals surface area contributed by atoms with Crippen LogP contribution < -0.4 is 10.2 Å². The number of nitrogens with one attached hydrogen (secondary N) is 1. The van der Waals surface area contributed by atoms with Gasteiger partial charge >= 0.3 is 0 Å². The third-order valence-electron chi connectivity index (χ3n) is 3.44. The lowest BCUT2D eigenvalue weighted by Crippen LogP contribution is -2.52. The van der Waals surface area contributed by atoms with E-state index >= 15 is 0 Å². The first-order valence-electron chi connectivity index (χ1n) is 6.95. The van der Waals surface area contributed by atoms with Crippen LogP contribution in [0.3, 0.4) is 0 Å². The van der Waals surface area contributed by atoms with E-state index in [1.54, 1.807) is 0 Å². The van der Waals surface area contributed by atoms with Crippen molar-refractivity contribution in [3.8, 4) is 0 Å². The second-order valence-electron chi connectivity index (χ2n) is 6.01. The van der Waals surface area contributed by atoms with Gasteiger partial charge in [0.2, 0.25) is 0 Å². The molecule has 1 aliphatic rings. The van der Waals surface area contributed by atoms with Crippen molar-refractivity contribution in [2.75, 3.05) is 25.0 Å². The highest BCUT2D eigenvalue weighted by Crippen LogP contribution is 2.25. The largest absolute Gasteiger partial charge is 0.369 e. The van der Waals surface area contributed by atoms with Crippen LogP contribution >= 0.6 is 0 Å². The summed E-state index contributed by atoms with van der Waals surface area (Å²) < 4.78 is 5.94. The van der Waals surface area contributed by atoms with Crippen LogP contribution in [0.15, 0.2) is 12.1 Å². The summed E-state index contributed by atoms with van der Waals surface area (Å²) in [5, 5.41) is 3.17. The number of ether oxygens (including phenoxy) is 1. The van der Waals surface area contributed by atoms with E-state index < -0.39 is 0 Å². The molecule has 106 valence electrons. The molecular formula is C15H25N3O. The minimum Gasteiger partial charge on any atom is -0.369 e. The Morgan fingerprint density at radius 1 is 1.47 bits per heavy atom. The predicted octanol–water partition coefficient (Wildman–Crippen LogP) is 2.11. The van der Waals surface area contributed by atoms with Crippen LogP contribution in [0.2, 0.25) is 0 Å². The van der Waals surface area contributed by atoms with Gasteiger partial charge in [-0.05, 0) is 46.4 Å². The topological polar surface area (TPSA) is 37.4 Å². The number of hydrogen-bond donors (Lipinski definition) is 1. The Morgan fingerprint density at radius 3 is 2.79 bits per heavy atom. The van der Waals surface area contributed by atoms with Gasteiger partial charge in [0.05, 0.1) is 11.7 Å². The minimum atomic E-state index is -0.114. The summed E-state index contributed by atoms with van der Waals surface area (Å²) in [6.45, 7) is 11.1. The average Bonchev–Trinajstić information content (AvgIpc) is 2.29. The molecule has 1 aliphatic heterocycles. The van der Waals surface area contributed by atoms with Gasteiger partial charge in [-0.25, -0.2) is 4.98 Å². The normalized spacial score (nSPS) is 22.6. The molecule has 1 unspecified atom stereocenters. The Labute approximate surface area is 116 Å². The Bertz CT molecular complexity index is 445. The molecule has 0 bridgehead atoms. The van der Waals surface area contributed by atoms with Crippen molar-refractivity contribution < 1.29 is 4.74 Å². The molecule has 1 N–H and O–H groups in total. The first-order chi connectivity index (χ1) is 8.91. The number of morpholine rings is 1. The van der Waals surface area contributed by atoms with E-state index in [9.17, 15) is 0 Å². The molecule has 0 aromatic carbocycles. The molecule has 0 saturated carbocycles. The van der Waals surface area contributed by atoms with E-state index in [1.165, 1.54) is 5.56 Å². The van der Waals surface area contributed by atoms with Crippen molar-refractivity contribution in [2.24, 2.45) is 0 Å². The molecule has 1 saturated heterocycles. The Balaban J connectivity index is 2.19. The van der Waals surface area contributed by atoms with Crippen LogP contribution in [0, 0.1) is 6.92 Å². The number of anilines is 1. The van der Waals surface area contributed by atoms with Crippen molar-refractivity contribution >= 4 is 5.82 Å². The lowest BCUT2D eigenvalue weighted by atomic mass is 10.1. The molecule has 4 nitrogen and oxygen atoms in total. The van der Waals surface area contributed by atoms with E-state index in [4.69, 9.17) is 9.72 Å². The fraction of sp³-hybridized carbons (Fsp3) is 0.667. The molecule has 19 heavy (non-hydrogen) atoms. The summed E-state index contributed by atoms with van der Waals surface area (Å²) in [6, 6.07) is 4.29. The smallest absolute Gasteiger partial charge is 0.128 e. The van der Waals surface area contributed by atoms with E-state index in [1.807, 2.05) is 7.05 Å². The zero-order chi connectivity index (χ0) is 14.0. The highest BCUT2D eigenvalue weighted by molar-refractivity contribution is 5.42. The van der Waals surface area contributed by atoms with E-state index in [0.29, 0.717) is 0 Å². The fourth-order valence-electron chi connectivity index (χ4n) is 2.76. The molecule has 0 radical (unpaired) electrons. The SMILES string of the molecule is CNCc1ccc(N2CC(C)OC(C)(C)C2)nc1C. The van der Waals surface area contributed by atoms with Crippen LogP contribution in [0.5, 0.6) is 0 Å². The Morgan fingerprint density at radius 2 is 2.21 bits per heavy atom. The summed E-state index contributed by atoms with van der Waals surface area (Å²) in [5.74, 6) is 1.06. The van der Waals surface area contributed by atoms with Crippen molar-refractivity contribution in [3.63, 3.8) is 0 Å². The van der Waals surface area contributed by atoms with Gasteiger partial charge in [-0.15, -0.1) is 0 Å². The first kappa shape index (κ1) is 14.3. The molecule has 2 rings (SSSR count). The number of nitrogens with zero attached hydrogens (tertiary/aromatic N) is 2. The standard InChI is InChI=1S/C15H25N3O/c1-11-9-18(10-15(3,4)19-11)14-7-6-13(8-16-5)12(2)17-14/h6-7,11,16H,8-10H2,1-5H3. The fourth-order valence-corrected chi connectivity index (χ4v) is 2.76. The summed E-state index contributed by atoms with van der Waals surface area (Å²) in [4.78, 5) is 7.07. The van der Waals surface area contributed by atoms with Gasteiger partial charge in [0.1, 0.15) is 5.82 Å². The van der Waals surface area contributed by atoms with E-state index in [2.05, 4.69) is 50.0 Å². The van der Waals surface area contributed by atoms with Gasteiger partial charge in [0, 0.05) is 25.3 Å². The van der Waals surface area contributed by atoms with Crippen molar-refractivity contribution in [1.82, 2.24) is 10.3 Å². The molecule has 1 atom stereocenters. The van der Waals surface area contributed by atoms with Gasteiger partial charge < -0.3 is 15.0 Å². The number of hydrogen-bond acceptors (Lipinski definition) is 4. The predicted molar refractivity (Wildman–Crippen MR) is 78.6 cm³/mol. The van der Waals surface area contributed by atoms with Crippen LogP contribution in [0.4, 0.5) is 5.82 Å². The second kappa shape index (κ2) is 5.47. The molecule has 2 heterocycles. The zero-order valence-electron chi connectivity index (χ0n) is 12.7. The Kier molecular flexibility index (Phi) is 4.11. The van der Waals surface area contributed by atoms with Gasteiger partial charge in [0.25, 0.3) is 0 Å². The molecule has 1 aromatic heterocycles. The van der Waals surface area contributed by atoms with Gasteiger partial charge in [-0.2, -0.15) is 0 Å². The number of rotatable bonds is 3. The minimum absolute atomic E-state index is 0.114. The van der Waals surface area contributed by atoms with E-state index in [0.717, 1.165) is 31.1 Å². The second-order valence-corrected chi connectivity index (χ2v) is 6.01. The number of aryl methyl sites for hydroxylation is 1. The van der Waals surface area contributed by atoms with Gasteiger partial charge in [-0.1, -0.05) is 6.07 Å². The Hall–Kier alpha value is -1.13. The summed E-state index contributed by atoms with van der Waals surface area (Å²) >= 11 is 0. The summed E-state index contributed by atoms with van der Waals surface area (Å²) in [7, 11) is 1.96. The van der Waals surface area contributed by atoms with E-state index in [-0.39, 0.29) is 11.7 Å². The van der Waals surface area contributed by atoms with Crippen molar-refractivity contribution in [1.29, 1.82) is 0 Å². The first-order valence-corrected chi connectivity index (χ1v) is 6.95. The average molecular weight is 263 g/mol. The maximum absolute atomic E-state index is 5.94. The lowest BCUT2D eigenvalue weighted by Gasteiger charge is -2.42. The monoisotopic (exact) mass is 263 g/mol. The van der Waals surface area contributed by atoms with Gasteiger partial charge in [0.15, 0.2) is 0 Å². The molecule has 1 aromatic rings. The van der Waals surface area contributed by atoms with Crippen LogP contribution in [0.1, 0.15) is 32.0 Å². The molecule has 0 amide bonds. The number of pyridine rings is 1. The maximum Gasteiger partial charge on any atom is 0.128 e. The molecule has 1 fully saturated rings. The van der Waals surface area contributed by atoms with Crippen LogP contribution in [-0.2, 0) is 11.3 Å². The quantitative estimate of drug-likeness (QED) is 0.906. The third kappa shape index (κ3) is 3.45. The molecule has 0 aliphatic carbocycles. The van der Waals surface area contributed by atoms with Crippen molar-refractivity contribution in [2.45, 2.75) is 45.9 Å². The third-order valence-corrected chi connectivity index (χ3v) is 3.44. The molecule has 4 heteroatoms. The highest BCUT2D eigenvalue weighted by atomic mass is 16.5. The summed E-state index contributed by atoms with van der Waals surface area (Å²) in [5.41, 5.74) is 2.24. The summed E-state index contributed by atoms with van der Waals surface area (Å²) in [6.07, 6.45) is 0.239. The maximum atomic E-state index is 5.94. The van der Waals surface area contributed by atoms with Gasteiger partial charge in [-0.3, -0.25) is 0 Å². The lowest BCUT2D eigenvalue weighted by molar-refractivity contribution is -0.0751. The number of aromatic nitrogens is 1. The molecule has 0 spiro atoms. The zero-order valence-corrected chi connectivity index (χ0v) is 12.7. The van der Waals surface area contributed by atoms with Crippen LogP contribution in [-0.4, -0.2) is 36.8 Å².